The van der Waals surface area contributed by atoms with Gasteiger partial charge in [0.15, 0.2) is 0 Å². The largest absolute Gasteiger partial charge is 0.315 e. The maximum atomic E-state index is 11.5. The number of hydrogen-bond acceptors (Lipinski definition) is 3. The number of hydrogen-bond donors (Lipinski definition) is 1. The summed E-state index contributed by atoms with van der Waals surface area (Å²) >= 11 is 3.15. The van der Waals surface area contributed by atoms with Crippen LogP contribution >= 0.6 is 15.9 Å². The molecular weight excluding hydrogens is 246 g/mol. The van der Waals surface area contributed by atoms with Gasteiger partial charge in [0, 0.05) is 19.3 Å². The first-order valence-electron chi connectivity index (χ1n) is 4.66. The standard InChI is InChI=1S/C9H14BrN3O/c1-2-3-11-4-5-13-7-12-6-8(10)9(13)14/h6-7,11H,2-5H2,1H3. The van der Waals surface area contributed by atoms with E-state index >= 15 is 0 Å². The highest BCUT2D eigenvalue weighted by Crippen LogP contribution is 1.97. The first-order valence-corrected chi connectivity index (χ1v) is 5.45. The molecule has 0 unspecified atom stereocenters. The van der Waals surface area contributed by atoms with Gasteiger partial charge in [-0.3, -0.25) is 9.36 Å². The van der Waals surface area contributed by atoms with Gasteiger partial charge in [-0.2, -0.15) is 0 Å². The second-order valence-corrected chi connectivity index (χ2v) is 3.84. The Morgan fingerprint density at radius 3 is 3.07 bits per heavy atom. The summed E-state index contributed by atoms with van der Waals surface area (Å²) in [6.45, 7) is 4.55. The third kappa shape index (κ3) is 3.23. The molecule has 0 saturated heterocycles. The molecule has 0 aliphatic carbocycles. The summed E-state index contributed by atoms with van der Waals surface area (Å²) < 4.78 is 2.10. The minimum atomic E-state index is -0.0294. The highest BCUT2D eigenvalue weighted by molar-refractivity contribution is 9.10. The molecule has 0 bridgehead atoms. The smallest absolute Gasteiger partial charge is 0.267 e. The van der Waals surface area contributed by atoms with Crippen molar-refractivity contribution in [1.82, 2.24) is 14.9 Å². The van der Waals surface area contributed by atoms with E-state index in [2.05, 4.69) is 33.2 Å². The topological polar surface area (TPSA) is 46.9 Å². The van der Waals surface area contributed by atoms with Crippen LogP contribution in [0.4, 0.5) is 0 Å². The van der Waals surface area contributed by atoms with Crippen molar-refractivity contribution in [2.75, 3.05) is 13.1 Å². The van der Waals surface area contributed by atoms with Crippen molar-refractivity contribution in [3.05, 3.63) is 27.4 Å². The van der Waals surface area contributed by atoms with Crippen LogP contribution in [0.25, 0.3) is 0 Å². The number of rotatable bonds is 5. The summed E-state index contributed by atoms with van der Waals surface area (Å²) in [6, 6.07) is 0. The monoisotopic (exact) mass is 259 g/mol. The van der Waals surface area contributed by atoms with Gasteiger partial charge in [0.2, 0.25) is 0 Å². The maximum Gasteiger partial charge on any atom is 0.267 e. The summed E-state index contributed by atoms with van der Waals surface area (Å²) in [5.74, 6) is 0. The fraction of sp³-hybridized carbons (Fsp3) is 0.556. The first-order chi connectivity index (χ1) is 6.75. The van der Waals surface area contributed by atoms with Crippen LogP contribution in [0.2, 0.25) is 0 Å². The quantitative estimate of drug-likeness (QED) is 0.803. The Morgan fingerprint density at radius 1 is 1.57 bits per heavy atom. The van der Waals surface area contributed by atoms with E-state index in [1.807, 2.05) is 0 Å². The van der Waals surface area contributed by atoms with E-state index < -0.39 is 0 Å². The van der Waals surface area contributed by atoms with Crippen LogP contribution < -0.4 is 10.9 Å². The highest BCUT2D eigenvalue weighted by Gasteiger charge is 1.99. The van der Waals surface area contributed by atoms with E-state index in [0.717, 1.165) is 19.5 Å². The third-order valence-electron chi connectivity index (χ3n) is 1.82. The second kappa shape index (κ2) is 5.93. The summed E-state index contributed by atoms with van der Waals surface area (Å²) in [5, 5.41) is 3.23. The molecule has 1 aromatic heterocycles. The van der Waals surface area contributed by atoms with E-state index in [0.29, 0.717) is 11.0 Å². The fourth-order valence-electron chi connectivity index (χ4n) is 1.08. The van der Waals surface area contributed by atoms with Gasteiger partial charge in [-0.05, 0) is 28.9 Å². The van der Waals surface area contributed by atoms with Gasteiger partial charge in [-0.15, -0.1) is 0 Å². The molecular formula is C9H14BrN3O. The van der Waals surface area contributed by atoms with Crippen LogP contribution in [-0.4, -0.2) is 22.6 Å². The van der Waals surface area contributed by atoms with Crippen LogP contribution in [0.15, 0.2) is 21.8 Å². The van der Waals surface area contributed by atoms with Crippen LogP contribution in [0.3, 0.4) is 0 Å². The minimum absolute atomic E-state index is 0.0294. The molecule has 1 N–H and O–H groups in total. The van der Waals surface area contributed by atoms with Crippen molar-refractivity contribution >= 4 is 15.9 Å². The molecule has 0 aliphatic heterocycles. The van der Waals surface area contributed by atoms with E-state index in [1.165, 1.54) is 6.20 Å². The molecule has 0 fully saturated rings. The zero-order valence-electron chi connectivity index (χ0n) is 8.16. The van der Waals surface area contributed by atoms with Crippen molar-refractivity contribution in [2.45, 2.75) is 19.9 Å². The molecule has 1 rings (SSSR count). The normalized spacial score (nSPS) is 10.4. The Labute approximate surface area is 91.5 Å². The van der Waals surface area contributed by atoms with Crippen molar-refractivity contribution in [2.24, 2.45) is 0 Å². The van der Waals surface area contributed by atoms with Crippen LogP contribution in [0, 0.1) is 0 Å². The van der Waals surface area contributed by atoms with Gasteiger partial charge >= 0.3 is 0 Å². The van der Waals surface area contributed by atoms with E-state index in [1.54, 1.807) is 10.9 Å². The zero-order valence-corrected chi connectivity index (χ0v) is 9.75. The van der Waals surface area contributed by atoms with Crippen molar-refractivity contribution in [3.63, 3.8) is 0 Å². The average molecular weight is 260 g/mol. The van der Waals surface area contributed by atoms with Gasteiger partial charge in [-0.25, -0.2) is 4.98 Å². The van der Waals surface area contributed by atoms with E-state index in [4.69, 9.17) is 0 Å². The lowest BCUT2D eigenvalue weighted by atomic mass is 10.4. The van der Waals surface area contributed by atoms with Crippen LogP contribution in [-0.2, 0) is 6.54 Å². The van der Waals surface area contributed by atoms with E-state index in [-0.39, 0.29) is 5.56 Å². The van der Waals surface area contributed by atoms with Crippen molar-refractivity contribution in [3.8, 4) is 0 Å². The molecule has 0 radical (unpaired) electrons. The van der Waals surface area contributed by atoms with Crippen LogP contribution in [0.5, 0.6) is 0 Å². The highest BCUT2D eigenvalue weighted by atomic mass is 79.9. The number of nitrogens with one attached hydrogen (secondary N) is 1. The Hall–Kier alpha value is -0.680. The molecule has 0 spiro atoms. The third-order valence-corrected chi connectivity index (χ3v) is 2.36. The molecule has 1 aromatic rings. The Balaban J connectivity index is 2.51. The van der Waals surface area contributed by atoms with Crippen molar-refractivity contribution < 1.29 is 0 Å². The molecule has 0 saturated carbocycles. The van der Waals surface area contributed by atoms with Gasteiger partial charge in [-0.1, -0.05) is 6.92 Å². The Kier molecular flexibility index (Phi) is 4.82. The lowest BCUT2D eigenvalue weighted by molar-refractivity contribution is 0.574. The van der Waals surface area contributed by atoms with Crippen molar-refractivity contribution in [1.29, 1.82) is 0 Å². The first kappa shape index (κ1) is 11.4. The van der Waals surface area contributed by atoms with Gasteiger partial charge in [0.05, 0.1) is 6.33 Å². The number of nitrogens with zero attached hydrogens (tertiary/aromatic N) is 2. The summed E-state index contributed by atoms with van der Waals surface area (Å²) in [4.78, 5) is 15.4. The fourth-order valence-corrected chi connectivity index (χ4v) is 1.43. The predicted octanol–water partition coefficient (Wildman–Crippen LogP) is 1.01. The number of aromatic nitrogens is 2. The molecule has 78 valence electrons. The predicted molar refractivity (Wildman–Crippen MR) is 59.4 cm³/mol. The molecule has 0 atom stereocenters. The lowest BCUT2D eigenvalue weighted by Crippen LogP contribution is -2.27. The molecule has 14 heavy (non-hydrogen) atoms. The average Bonchev–Trinajstić information content (AvgIpc) is 2.19. The molecule has 0 aromatic carbocycles. The Morgan fingerprint density at radius 2 is 2.36 bits per heavy atom. The SMILES string of the molecule is CCCNCCn1cncc(Br)c1=O. The van der Waals surface area contributed by atoms with Crippen LogP contribution in [0.1, 0.15) is 13.3 Å². The molecule has 1 heterocycles. The zero-order chi connectivity index (χ0) is 10.4. The molecule has 0 amide bonds. The minimum Gasteiger partial charge on any atom is -0.315 e. The van der Waals surface area contributed by atoms with Gasteiger partial charge in [0.25, 0.3) is 5.56 Å². The molecule has 4 nitrogen and oxygen atoms in total. The summed E-state index contributed by atoms with van der Waals surface area (Å²) in [5.41, 5.74) is -0.0294. The molecule has 0 aliphatic rings. The molecule has 5 heteroatoms. The Bertz CT molecular complexity index is 337. The second-order valence-electron chi connectivity index (χ2n) is 2.99. The lowest BCUT2D eigenvalue weighted by Gasteiger charge is -2.05. The van der Waals surface area contributed by atoms with E-state index in [9.17, 15) is 4.79 Å². The number of halogens is 1. The summed E-state index contributed by atoms with van der Waals surface area (Å²) in [7, 11) is 0. The summed E-state index contributed by atoms with van der Waals surface area (Å²) in [6.07, 6.45) is 4.17. The van der Waals surface area contributed by atoms with Gasteiger partial charge in [0.1, 0.15) is 4.47 Å². The maximum absolute atomic E-state index is 11.5. The van der Waals surface area contributed by atoms with Gasteiger partial charge < -0.3 is 5.32 Å².